The summed E-state index contributed by atoms with van der Waals surface area (Å²) in [6, 6.07) is 13.8. The number of hydrogen-bond donors (Lipinski definition) is 0. The average molecular weight is 430 g/mol. The van der Waals surface area contributed by atoms with Gasteiger partial charge in [0.05, 0.1) is 20.0 Å². The van der Waals surface area contributed by atoms with Crippen LogP contribution in [-0.2, 0) is 4.79 Å². The van der Waals surface area contributed by atoms with Crippen molar-refractivity contribution in [3.8, 4) is 11.5 Å². The molecule has 29 heavy (non-hydrogen) atoms. The Morgan fingerprint density at radius 2 is 1.72 bits per heavy atom. The number of carbonyl (C=O) groups is 1. The van der Waals surface area contributed by atoms with E-state index in [1.54, 1.807) is 37.3 Å². The summed E-state index contributed by atoms with van der Waals surface area (Å²) in [5.74, 6) is 2.21. The Bertz CT molecular complexity index is 945. The Labute approximate surface area is 178 Å². The number of rotatable bonds is 6. The summed E-state index contributed by atoms with van der Waals surface area (Å²) in [4.78, 5) is 22.7. The van der Waals surface area contributed by atoms with Gasteiger partial charge in [-0.05, 0) is 24.3 Å². The van der Waals surface area contributed by atoms with E-state index in [4.69, 9.17) is 14.5 Å². The first-order valence-electron chi connectivity index (χ1n) is 9.41. The Balaban J connectivity index is 1.40. The van der Waals surface area contributed by atoms with Crippen molar-refractivity contribution >= 4 is 44.4 Å². The highest BCUT2D eigenvalue weighted by Gasteiger charge is 2.24. The van der Waals surface area contributed by atoms with Crippen molar-refractivity contribution in [2.24, 2.45) is 0 Å². The fraction of sp³-hybridized carbons (Fsp3) is 0.333. The highest BCUT2D eigenvalue weighted by molar-refractivity contribution is 8.00. The minimum Gasteiger partial charge on any atom is -0.495 e. The van der Waals surface area contributed by atoms with Crippen LogP contribution in [0.5, 0.6) is 11.5 Å². The molecule has 4 rings (SSSR count). The van der Waals surface area contributed by atoms with Crippen molar-refractivity contribution in [2.75, 3.05) is 51.1 Å². The van der Waals surface area contributed by atoms with Crippen molar-refractivity contribution in [3.05, 3.63) is 42.5 Å². The maximum atomic E-state index is 12.6. The lowest BCUT2D eigenvalue weighted by molar-refractivity contribution is -0.128. The third kappa shape index (κ3) is 4.28. The number of carbonyl (C=O) groups excluding carboxylic acids is 1. The number of ether oxygens (including phenoxy) is 2. The summed E-state index contributed by atoms with van der Waals surface area (Å²) < 4.78 is 11.9. The lowest BCUT2D eigenvalue weighted by Crippen LogP contribution is -2.49. The Morgan fingerprint density at radius 1 is 1.03 bits per heavy atom. The van der Waals surface area contributed by atoms with Gasteiger partial charge in [-0.15, -0.1) is 11.8 Å². The number of methoxy groups -OCH3 is 2. The lowest BCUT2D eigenvalue weighted by Gasteiger charge is -2.34. The molecule has 2 heterocycles. The van der Waals surface area contributed by atoms with Gasteiger partial charge in [-0.25, -0.2) is 4.98 Å². The summed E-state index contributed by atoms with van der Waals surface area (Å²) in [5.41, 5.74) is 0.824. The number of hydrogen-bond acceptors (Lipinski definition) is 7. The molecule has 2 aromatic carbocycles. The number of benzene rings is 2. The highest BCUT2D eigenvalue weighted by Crippen LogP contribution is 2.40. The van der Waals surface area contributed by atoms with Crippen molar-refractivity contribution in [1.29, 1.82) is 0 Å². The molecule has 152 valence electrons. The zero-order valence-electron chi connectivity index (χ0n) is 16.5. The third-order valence-electron chi connectivity index (χ3n) is 4.91. The van der Waals surface area contributed by atoms with Crippen LogP contribution in [-0.4, -0.2) is 61.9 Å². The van der Waals surface area contributed by atoms with E-state index in [0.29, 0.717) is 18.8 Å². The van der Waals surface area contributed by atoms with Gasteiger partial charge in [-0.2, -0.15) is 0 Å². The van der Waals surface area contributed by atoms with Crippen LogP contribution in [0.2, 0.25) is 0 Å². The van der Waals surface area contributed by atoms with Crippen LogP contribution in [0.15, 0.2) is 47.4 Å². The monoisotopic (exact) mass is 429 g/mol. The van der Waals surface area contributed by atoms with E-state index in [1.807, 2.05) is 47.4 Å². The minimum atomic E-state index is 0.186. The topological polar surface area (TPSA) is 54.9 Å². The van der Waals surface area contributed by atoms with Crippen LogP contribution in [0.4, 0.5) is 5.13 Å². The summed E-state index contributed by atoms with van der Waals surface area (Å²) in [5, 5.41) is 0.938. The number of anilines is 1. The standard InChI is InChI=1S/C21H23N3O3S2/c1-26-16-8-9-17(27-2)20-19(16)22-21(29-20)24-12-10-23(11-13-24)18(25)14-28-15-6-4-3-5-7-15/h3-9H,10-14H2,1-2H3. The summed E-state index contributed by atoms with van der Waals surface area (Å²) in [7, 11) is 3.32. The third-order valence-corrected chi connectivity index (χ3v) is 7.03. The number of thioether (sulfide) groups is 1. The van der Waals surface area contributed by atoms with Crippen molar-refractivity contribution < 1.29 is 14.3 Å². The van der Waals surface area contributed by atoms with Crippen molar-refractivity contribution in [3.63, 3.8) is 0 Å². The Kier molecular flexibility index (Phi) is 6.10. The largest absolute Gasteiger partial charge is 0.495 e. The minimum absolute atomic E-state index is 0.186. The molecule has 1 aromatic heterocycles. The Hall–Kier alpha value is -2.45. The molecule has 8 heteroatoms. The molecular weight excluding hydrogens is 406 g/mol. The average Bonchev–Trinajstić information content (AvgIpc) is 3.23. The number of piperazine rings is 1. The smallest absolute Gasteiger partial charge is 0.233 e. The molecule has 1 fully saturated rings. The molecule has 0 radical (unpaired) electrons. The highest BCUT2D eigenvalue weighted by atomic mass is 32.2. The predicted molar refractivity (Wildman–Crippen MR) is 119 cm³/mol. The van der Waals surface area contributed by atoms with Crippen LogP contribution >= 0.6 is 23.1 Å². The first-order valence-corrected chi connectivity index (χ1v) is 11.2. The van der Waals surface area contributed by atoms with Crippen LogP contribution in [0.25, 0.3) is 10.2 Å². The molecule has 0 N–H and O–H groups in total. The molecule has 0 aliphatic carbocycles. The van der Waals surface area contributed by atoms with Crippen molar-refractivity contribution in [1.82, 2.24) is 9.88 Å². The van der Waals surface area contributed by atoms with E-state index in [1.165, 1.54) is 0 Å². The van der Waals surface area contributed by atoms with Gasteiger partial charge in [0, 0.05) is 31.1 Å². The number of thiazole rings is 1. The van der Waals surface area contributed by atoms with Gasteiger partial charge in [0.15, 0.2) is 5.13 Å². The van der Waals surface area contributed by atoms with E-state index in [0.717, 1.165) is 44.8 Å². The summed E-state index contributed by atoms with van der Waals surface area (Å²) in [6.45, 7) is 2.95. The zero-order chi connectivity index (χ0) is 20.2. The molecule has 3 aromatic rings. The first kappa shape index (κ1) is 19.8. The van der Waals surface area contributed by atoms with Gasteiger partial charge in [-0.3, -0.25) is 4.79 Å². The SMILES string of the molecule is COc1ccc(OC)c2sc(N3CCN(C(=O)CSc4ccccc4)CC3)nc12. The Morgan fingerprint density at radius 3 is 2.41 bits per heavy atom. The van der Waals surface area contributed by atoms with E-state index in [9.17, 15) is 4.79 Å². The molecule has 0 bridgehead atoms. The number of amides is 1. The van der Waals surface area contributed by atoms with Gasteiger partial charge in [0.2, 0.25) is 5.91 Å². The van der Waals surface area contributed by atoms with E-state index < -0.39 is 0 Å². The van der Waals surface area contributed by atoms with Crippen LogP contribution in [0.3, 0.4) is 0 Å². The maximum Gasteiger partial charge on any atom is 0.233 e. The first-order chi connectivity index (χ1) is 14.2. The second-order valence-corrected chi connectivity index (χ2v) is 8.64. The van der Waals surface area contributed by atoms with Gasteiger partial charge in [0.25, 0.3) is 0 Å². The zero-order valence-corrected chi connectivity index (χ0v) is 18.1. The molecule has 6 nitrogen and oxygen atoms in total. The van der Waals surface area contributed by atoms with E-state index >= 15 is 0 Å². The maximum absolute atomic E-state index is 12.6. The fourth-order valence-corrected chi connectivity index (χ4v) is 5.26. The second kappa shape index (κ2) is 8.92. The summed E-state index contributed by atoms with van der Waals surface area (Å²) >= 11 is 3.19. The molecular formula is C21H23N3O3S2. The molecule has 1 aliphatic rings. The molecule has 1 saturated heterocycles. The van der Waals surface area contributed by atoms with E-state index in [2.05, 4.69) is 4.90 Å². The van der Waals surface area contributed by atoms with Crippen LogP contribution in [0, 0.1) is 0 Å². The number of aromatic nitrogens is 1. The molecule has 0 saturated carbocycles. The van der Waals surface area contributed by atoms with Crippen molar-refractivity contribution in [2.45, 2.75) is 4.90 Å². The molecule has 1 amide bonds. The lowest BCUT2D eigenvalue weighted by atomic mass is 10.3. The molecule has 0 spiro atoms. The number of nitrogens with zero attached hydrogens (tertiary/aromatic N) is 3. The predicted octanol–water partition coefficient (Wildman–Crippen LogP) is 3.75. The van der Waals surface area contributed by atoms with Gasteiger partial charge in [0.1, 0.15) is 21.7 Å². The van der Waals surface area contributed by atoms with E-state index in [-0.39, 0.29) is 5.91 Å². The quantitative estimate of drug-likeness (QED) is 0.556. The fourth-order valence-electron chi connectivity index (χ4n) is 3.31. The molecule has 1 aliphatic heterocycles. The van der Waals surface area contributed by atoms with Gasteiger partial charge in [-0.1, -0.05) is 29.5 Å². The molecule has 0 unspecified atom stereocenters. The van der Waals surface area contributed by atoms with Crippen LogP contribution < -0.4 is 14.4 Å². The molecule has 0 atom stereocenters. The van der Waals surface area contributed by atoms with Gasteiger partial charge < -0.3 is 19.3 Å². The van der Waals surface area contributed by atoms with Crippen LogP contribution in [0.1, 0.15) is 0 Å². The second-order valence-electron chi connectivity index (χ2n) is 6.61. The summed E-state index contributed by atoms with van der Waals surface area (Å²) in [6.07, 6.45) is 0. The number of fused-ring (bicyclic) bond motifs is 1. The normalized spacial score (nSPS) is 14.3. The van der Waals surface area contributed by atoms with Gasteiger partial charge >= 0.3 is 0 Å².